The summed E-state index contributed by atoms with van der Waals surface area (Å²) in [4.78, 5) is 39.9. The average molecular weight is 593 g/mol. The summed E-state index contributed by atoms with van der Waals surface area (Å²) in [6.45, 7) is 6.82. The number of carbonyl (C=O) groups is 3. The summed E-state index contributed by atoms with van der Waals surface area (Å²) in [6.07, 6.45) is 13.4. The Bertz CT molecular complexity index is 1040. The SMILES string of the molecule is CCCCCCCCCCCCNC(=O)[C@H](Cc1ccccc1)NC(=O)[C@H](Cc1ccccc1)NC(=O)[C@@H](N)CC(C)C. The molecule has 2 aromatic rings. The van der Waals surface area contributed by atoms with Gasteiger partial charge in [0.05, 0.1) is 6.04 Å². The molecular formula is C36H56N4O3. The van der Waals surface area contributed by atoms with Gasteiger partial charge in [0.2, 0.25) is 17.7 Å². The van der Waals surface area contributed by atoms with Crippen LogP contribution in [0.15, 0.2) is 60.7 Å². The summed E-state index contributed by atoms with van der Waals surface area (Å²) in [6, 6.07) is 16.9. The van der Waals surface area contributed by atoms with Crippen LogP contribution >= 0.6 is 0 Å². The van der Waals surface area contributed by atoms with E-state index in [9.17, 15) is 14.4 Å². The van der Waals surface area contributed by atoms with Crippen LogP contribution in [0.5, 0.6) is 0 Å². The van der Waals surface area contributed by atoms with E-state index in [1.54, 1.807) is 0 Å². The van der Waals surface area contributed by atoms with Crippen LogP contribution in [0.1, 0.15) is 103 Å². The fraction of sp³-hybridized carbons (Fsp3) is 0.583. The molecule has 0 radical (unpaired) electrons. The molecule has 0 unspecified atom stereocenters. The largest absolute Gasteiger partial charge is 0.354 e. The van der Waals surface area contributed by atoms with Gasteiger partial charge in [-0.2, -0.15) is 0 Å². The number of amides is 3. The van der Waals surface area contributed by atoms with Crippen molar-refractivity contribution in [1.29, 1.82) is 0 Å². The van der Waals surface area contributed by atoms with Gasteiger partial charge in [0.25, 0.3) is 0 Å². The van der Waals surface area contributed by atoms with Crippen molar-refractivity contribution in [1.82, 2.24) is 16.0 Å². The van der Waals surface area contributed by atoms with Gasteiger partial charge >= 0.3 is 0 Å². The molecule has 3 atom stereocenters. The zero-order valence-corrected chi connectivity index (χ0v) is 26.8. The minimum atomic E-state index is -0.860. The van der Waals surface area contributed by atoms with Gasteiger partial charge in [-0.15, -0.1) is 0 Å². The Labute approximate surface area is 260 Å². The monoisotopic (exact) mass is 592 g/mol. The van der Waals surface area contributed by atoms with Crippen LogP contribution in [0, 0.1) is 5.92 Å². The van der Waals surface area contributed by atoms with Crippen LogP contribution in [0.25, 0.3) is 0 Å². The molecule has 5 N–H and O–H groups in total. The van der Waals surface area contributed by atoms with Gasteiger partial charge in [0.1, 0.15) is 12.1 Å². The number of hydrogen-bond acceptors (Lipinski definition) is 4. The number of unbranched alkanes of at least 4 members (excludes halogenated alkanes) is 9. The van der Waals surface area contributed by atoms with Crippen molar-refractivity contribution in [3.05, 3.63) is 71.8 Å². The maximum absolute atomic E-state index is 13.6. The Morgan fingerprint density at radius 1 is 0.628 bits per heavy atom. The van der Waals surface area contributed by atoms with E-state index in [0.29, 0.717) is 25.8 Å². The van der Waals surface area contributed by atoms with Gasteiger partial charge in [-0.25, -0.2) is 0 Å². The standard InChI is InChI=1S/C36H56N4O3/c1-4-5-6-7-8-9-10-11-12-19-24-38-35(42)32(26-29-20-15-13-16-21-29)40-36(43)33(27-30-22-17-14-18-23-30)39-34(41)31(37)25-28(2)3/h13-18,20-23,28,31-33H,4-12,19,24-27,37H2,1-3H3,(H,38,42)(H,39,41)(H,40,43)/t31-,32-,33-/m0/s1. The maximum Gasteiger partial charge on any atom is 0.243 e. The molecule has 0 aromatic heterocycles. The molecule has 2 rings (SSSR count). The molecule has 0 fully saturated rings. The van der Waals surface area contributed by atoms with Crippen molar-refractivity contribution in [3.63, 3.8) is 0 Å². The Morgan fingerprint density at radius 2 is 1.07 bits per heavy atom. The topological polar surface area (TPSA) is 113 Å². The van der Waals surface area contributed by atoms with Crippen molar-refractivity contribution >= 4 is 17.7 Å². The van der Waals surface area contributed by atoms with Crippen molar-refractivity contribution in [2.75, 3.05) is 6.54 Å². The number of benzene rings is 2. The van der Waals surface area contributed by atoms with Crippen LogP contribution in [-0.2, 0) is 27.2 Å². The number of nitrogens with one attached hydrogen (secondary N) is 3. The fourth-order valence-electron chi connectivity index (χ4n) is 5.23. The smallest absolute Gasteiger partial charge is 0.243 e. The minimum absolute atomic E-state index is 0.213. The molecule has 2 aromatic carbocycles. The lowest BCUT2D eigenvalue weighted by Crippen LogP contribution is -2.57. The Hall–Kier alpha value is -3.19. The van der Waals surface area contributed by atoms with Crippen molar-refractivity contribution < 1.29 is 14.4 Å². The molecule has 0 aliphatic carbocycles. The molecule has 0 spiro atoms. The highest BCUT2D eigenvalue weighted by molar-refractivity contribution is 5.93. The Balaban J connectivity index is 1.99. The Morgan fingerprint density at radius 3 is 1.56 bits per heavy atom. The predicted octanol–water partition coefficient (Wildman–Crippen LogP) is 5.85. The molecule has 0 heterocycles. The van der Waals surface area contributed by atoms with Crippen LogP contribution in [0.2, 0.25) is 0 Å². The highest BCUT2D eigenvalue weighted by Crippen LogP contribution is 2.11. The third-order valence-electron chi connectivity index (χ3n) is 7.72. The quantitative estimate of drug-likeness (QED) is 0.128. The van der Waals surface area contributed by atoms with Gasteiger partial charge in [-0.05, 0) is 29.9 Å². The highest BCUT2D eigenvalue weighted by Gasteiger charge is 2.28. The summed E-state index contributed by atoms with van der Waals surface area (Å²) in [5.74, 6) is -0.732. The summed E-state index contributed by atoms with van der Waals surface area (Å²) < 4.78 is 0. The zero-order valence-electron chi connectivity index (χ0n) is 26.8. The molecule has 0 saturated carbocycles. The van der Waals surface area contributed by atoms with Crippen molar-refractivity contribution in [2.45, 2.75) is 122 Å². The third-order valence-corrected chi connectivity index (χ3v) is 7.72. The van der Waals surface area contributed by atoms with Crippen molar-refractivity contribution in [3.8, 4) is 0 Å². The summed E-state index contributed by atoms with van der Waals surface area (Å²) in [5, 5.41) is 8.86. The lowest BCUT2D eigenvalue weighted by atomic mass is 10.0. The third kappa shape index (κ3) is 15.7. The van der Waals surface area contributed by atoms with Crippen LogP contribution in [0.3, 0.4) is 0 Å². The minimum Gasteiger partial charge on any atom is -0.354 e. The summed E-state index contributed by atoms with van der Waals surface area (Å²) in [7, 11) is 0. The van der Waals surface area contributed by atoms with E-state index in [1.807, 2.05) is 74.5 Å². The van der Waals surface area contributed by atoms with Crippen LogP contribution in [0.4, 0.5) is 0 Å². The van der Waals surface area contributed by atoms with E-state index in [0.717, 1.165) is 24.0 Å². The number of hydrogen-bond donors (Lipinski definition) is 4. The molecular weight excluding hydrogens is 536 g/mol. The van der Waals surface area contributed by atoms with Crippen LogP contribution < -0.4 is 21.7 Å². The van der Waals surface area contributed by atoms with E-state index >= 15 is 0 Å². The molecule has 0 bridgehead atoms. The second kappa shape index (κ2) is 21.5. The molecule has 238 valence electrons. The first-order valence-electron chi connectivity index (χ1n) is 16.5. The molecule has 0 aliphatic heterocycles. The second-order valence-electron chi connectivity index (χ2n) is 12.2. The van der Waals surface area contributed by atoms with E-state index in [2.05, 4.69) is 22.9 Å². The van der Waals surface area contributed by atoms with Crippen LogP contribution in [-0.4, -0.2) is 42.4 Å². The number of nitrogens with two attached hydrogens (primary N) is 1. The molecule has 0 aliphatic rings. The fourth-order valence-corrected chi connectivity index (χ4v) is 5.23. The second-order valence-corrected chi connectivity index (χ2v) is 12.2. The normalized spacial score (nSPS) is 13.2. The van der Waals surface area contributed by atoms with E-state index in [-0.39, 0.29) is 17.7 Å². The predicted molar refractivity (Wildman–Crippen MR) is 176 cm³/mol. The first kappa shape index (κ1) is 36.0. The lowest BCUT2D eigenvalue weighted by Gasteiger charge is -2.25. The average Bonchev–Trinajstić information content (AvgIpc) is 2.99. The first-order chi connectivity index (χ1) is 20.8. The number of rotatable bonds is 22. The van der Waals surface area contributed by atoms with Gasteiger partial charge in [0, 0.05) is 19.4 Å². The molecule has 3 amide bonds. The summed E-state index contributed by atoms with van der Waals surface area (Å²) in [5.41, 5.74) is 7.99. The Kier molecular flexibility index (Phi) is 18.0. The van der Waals surface area contributed by atoms with Crippen molar-refractivity contribution in [2.24, 2.45) is 11.7 Å². The van der Waals surface area contributed by atoms with E-state index < -0.39 is 24.0 Å². The van der Waals surface area contributed by atoms with Gasteiger partial charge < -0.3 is 21.7 Å². The highest BCUT2D eigenvalue weighted by atomic mass is 16.2. The molecule has 0 saturated heterocycles. The molecule has 7 heteroatoms. The lowest BCUT2D eigenvalue weighted by molar-refractivity contribution is -0.132. The molecule has 43 heavy (non-hydrogen) atoms. The van der Waals surface area contributed by atoms with E-state index in [4.69, 9.17) is 5.73 Å². The van der Waals surface area contributed by atoms with Gasteiger partial charge in [0.15, 0.2) is 0 Å². The summed E-state index contributed by atoms with van der Waals surface area (Å²) >= 11 is 0. The molecule has 7 nitrogen and oxygen atoms in total. The van der Waals surface area contributed by atoms with Gasteiger partial charge in [-0.1, -0.05) is 139 Å². The number of carbonyl (C=O) groups excluding carboxylic acids is 3. The maximum atomic E-state index is 13.6. The van der Waals surface area contributed by atoms with E-state index in [1.165, 1.54) is 51.4 Å². The zero-order chi connectivity index (χ0) is 31.3. The first-order valence-corrected chi connectivity index (χ1v) is 16.5. The van der Waals surface area contributed by atoms with Gasteiger partial charge in [-0.3, -0.25) is 14.4 Å².